The Morgan fingerprint density at radius 2 is 1.48 bits per heavy atom. The van der Waals surface area contributed by atoms with Gasteiger partial charge in [0.25, 0.3) is 0 Å². The van der Waals surface area contributed by atoms with E-state index >= 15 is 0 Å². The molecule has 3 heterocycles. The van der Waals surface area contributed by atoms with Crippen LogP contribution >= 0.6 is 0 Å². The molecule has 8 nitrogen and oxygen atoms in total. The lowest BCUT2D eigenvalue weighted by atomic mass is 10.2. The zero-order chi connectivity index (χ0) is 18.0. The van der Waals surface area contributed by atoms with Crippen molar-refractivity contribution in [2.75, 3.05) is 19.6 Å². The zero-order valence-electron chi connectivity index (χ0n) is 15.8. The number of aromatic nitrogens is 4. The molecule has 0 radical (unpaired) electrons. The van der Waals surface area contributed by atoms with Gasteiger partial charge in [0.1, 0.15) is 0 Å². The van der Waals surface area contributed by atoms with Gasteiger partial charge in [0, 0.05) is 37.5 Å². The summed E-state index contributed by atoms with van der Waals surface area (Å²) in [7, 11) is 0. The molecule has 138 valence electrons. The molecular formula is C17H28N6O2. The van der Waals surface area contributed by atoms with Crippen LogP contribution in [0.3, 0.4) is 0 Å². The molecule has 1 fully saturated rings. The minimum absolute atomic E-state index is 0.289. The lowest BCUT2D eigenvalue weighted by Gasteiger charge is -2.38. The molecular weight excluding hydrogens is 320 g/mol. The number of piperazine rings is 1. The second kappa shape index (κ2) is 7.61. The smallest absolute Gasteiger partial charge is 0.240 e. The lowest BCUT2D eigenvalue weighted by molar-refractivity contribution is 0.0594. The summed E-state index contributed by atoms with van der Waals surface area (Å²) < 4.78 is 10.7. The molecule has 1 saturated heterocycles. The van der Waals surface area contributed by atoms with Gasteiger partial charge in [-0.3, -0.25) is 9.80 Å². The maximum atomic E-state index is 5.38. The Morgan fingerprint density at radius 1 is 0.920 bits per heavy atom. The van der Waals surface area contributed by atoms with Gasteiger partial charge in [0.15, 0.2) is 11.6 Å². The van der Waals surface area contributed by atoms with Crippen LogP contribution in [0.15, 0.2) is 9.05 Å². The Bertz CT molecular complexity index is 680. The maximum absolute atomic E-state index is 5.38. The Balaban J connectivity index is 1.52. The standard InChI is InChI=1S/C17H28N6O2/c1-11(2)16-18-14(24-20-16)9-22-6-7-23(13(5)8-22)10-15-19-17(12(3)4)21-25-15/h11-13H,6-10H2,1-5H3/t13-/m0/s1. The van der Waals surface area contributed by atoms with Crippen LogP contribution in [0.2, 0.25) is 0 Å². The summed E-state index contributed by atoms with van der Waals surface area (Å²) in [5.74, 6) is 3.53. The van der Waals surface area contributed by atoms with Crippen molar-refractivity contribution in [3.8, 4) is 0 Å². The fourth-order valence-corrected chi connectivity index (χ4v) is 2.95. The highest BCUT2D eigenvalue weighted by Crippen LogP contribution is 2.17. The van der Waals surface area contributed by atoms with Crippen LogP contribution in [-0.4, -0.2) is 55.8 Å². The van der Waals surface area contributed by atoms with Crippen molar-refractivity contribution in [2.45, 2.75) is 65.6 Å². The molecule has 25 heavy (non-hydrogen) atoms. The fraction of sp³-hybridized carbons (Fsp3) is 0.765. The molecule has 0 N–H and O–H groups in total. The first-order valence-corrected chi connectivity index (χ1v) is 9.03. The first-order valence-electron chi connectivity index (χ1n) is 9.03. The maximum Gasteiger partial charge on any atom is 0.240 e. The predicted molar refractivity (Wildman–Crippen MR) is 91.9 cm³/mol. The van der Waals surface area contributed by atoms with Gasteiger partial charge in [-0.05, 0) is 6.92 Å². The third-order valence-electron chi connectivity index (χ3n) is 4.55. The van der Waals surface area contributed by atoms with E-state index < -0.39 is 0 Å². The van der Waals surface area contributed by atoms with E-state index in [1.165, 1.54) is 0 Å². The summed E-state index contributed by atoms with van der Waals surface area (Å²) in [6, 6.07) is 0.399. The Kier molecular flexibility index (Phi) is 5.48. The second-order valence-corrected chi connectivity index (χ2v) is 7.46. The number of nitrogens with zero attached hydrogens (tertiary/aromatic N) is 6. The van der Waals surface area contributed by atoms with E-state index in [4.69, 9.17) is 9.05 Å². The quantitative estimate of drug-likeness (QED) is 0.787. The number of rotatable bonds is 6. The molecule has 0 amide bonds. The normalized spacial score (nSPS) is 20.0. The number of hydrogen-bond acceptors (Lipinski definition) is 8. The molecule has 3 rings (SSSR count). The molecule has 0 saturated carbocycles. The SMILES string of the molecule is CC(C)c1noc(CN2CCN(Cc3nc(C(C)C)no3)[C@@H](C)C2)n1. The molecule has 2 aromatic heterocycles. The minimum Gasteiger partial charge on any atom is -0.338 e. The van der Waals surface area contributed by atoms with Crippen molar-refractivity contribution in [1.29, 1.82) is 0 Å². The topological polar surface area (TPSA) is 84.3 Å². The molecule has 1 aliphatic heterocycles. The Hall–Kier alpha value is -1.80. The van der Waals surface area contributed by atoms with Crippen LogP contribution in [0.1, 0.15) is 69.9 Å². The molecule has 0 bridgehead atoms. The summed E-state index contributed by atoms with van der Waals surface area (Å²) in [6.45, 7) is 14.7. The largest absolute Gasteiger partial charge is 0.338 e. The lowest BCUT2D eigenvalue weighted by Crippen LogP contribution is -2.51. The van der Waals surface area contributed by atoms with Crippen LogP contribution in [-0.2, 0) is 13.1 Å². The zero-order valence-corrected chi connectivity index (χ0v) is 15.8. The van der Waals surface area contributed by atoms with Crippen molar-refractivity contribution < 1.29 is 9.05 Å². The predicted octanol–water partition coefficient (Wildman–Crippen LogP) is 2.41. The van der Waals surface area contributed by atoms with Crippen molar-refractivity contribution in [2.24, 2.45) is 0 Å². The summed E-state index contributed by atoms with van der Waals surface area (Å²) in [5, 5.41) is 8.08. The van der Waals surface area contributed by atoms with Gasteiger partial charge in [0.2, 0.25) is 11.8 Å². The van der Waals surface area contributed by atoms with Crippen molar-refractivity contribution >= 4 is 0 Å². The first-order chi connectivity index (χ1) is 11.9. The van der Waals surface area contributed by atoms with Crippen LogP contribution in [0.25, 0.3) is 0 Å². The van der Waals surface area contributed by atoms with Crippen molar-refractivity contribution in [3.63, 3.8) is 0 Å². The highest BCUT2D eigenvalue weighted by Gasteiger charge is 2.26. The molecule has 1 aliphatic rings. The summed E-state index contributed by atoms with van der Waals surface area (Å²) in [4.78, 5) is 13.7. The van der Waals surface area contributed by atoms with E-state index in [-0.39, 0.29) is 5.92 Å². The fourth-order valence-electron chi connectivity index (χ4n) is 2.95. The van der Waals surface area contributed by atoms with E-state index in [9.17, 15) is 0 Å². The van der Waals surface area contributed by atoms with Gasteiger partial charge in [0.05, 0.1) is 13.1 Å². The van der Waals surface area contributed by atoms with Gasteiger partial charge >= 0.3 is 0 Å². The molecule has 0 spiro atoms. The average Bonchev–Trinajstić information content (AvgIpc) is 3.19. The highest BCUT2D eigenvalue weighted by molar-refractivity contribution is 4.94. The third kappa shape index (κ3) is 4.43. The first kappa shape index (κ1) is 18.0. The molecule has 8 heteroatoms. The van der Waals surface area contributed by atoms with E-state index in [2.05, 4.69) is 64.7 Å². The highest BCUT2D eigenvalue weighted by atomic mass is 16.5. The summed E-state index contributed by atoms with van der Waals surface area (Å²) in [5.41, 5.74) is 0. The Morgan fingerprint density at radius 3 is 1.96 bits per heavy atom. The van der Waals surface area contributed by atoms with E-state index in [1.54, 1.807) is 0 Å². The molecule has 2 aromatic rings. The van der Waals surface area contributed by atoms with Crippen molar-refractivity contribution in [1.82, 2.24) is 30.1 Å². The van der Waals surface area contributed by atoms with Gasteiger partial charge < -0.3 is 9.05 Å². The minimum atomic E-state index is 0.289. The van der Waals surface area contributed by atoms with Crippen LogP contribution < -0.4 is 0 Å². The monoisotopic (exact) mass is 348 g/mol. The molecule has 0 aliphatic carbocycles. The van der Waals surface area contributed by atoms with E-state index in [1.807, 2.05) is 0 Å². The molecule has 1 atom stereocenters. The summed E-state index contributed by atoms with van der Waals surface area (Å²) in [6.07, 6.45) is 0. The second-order valence-electron chi connectivity index (χ2n) is 7.46. The van der Waals surface area contributed by atoms with E-state index in [0.717, 1.165) is 31.3 Å². The molecule has 0 unspecified atom stereocenters. The number of hydrogen-bond donors (Lipinski definition) is 0. The molecule has 0 aromatic carbocycles. The van der Waals surface area contributed by atoms with Crippen LogP contribution in [0.5, 0.6) is 0 Å². The Labute approximate surface area is 148 Å². The summed E-state index contributed by atoms with van der Waals surface area (Å²) >= 11 is 0. The van der Waals surface area contributed by atoms with Gasteiger partial charge in [-0.2, -0.15) is 9.97 Å². The van der Waals surface area contributed by atoms with Crippen LogP contribution in [0, 0.1) is 0 Å². The average molecular weight is 348 g/mol. The van der Waals surface area contributed by atoms with E-state index in [0.29, 0.717) is 36.8 Å². The van der Waals surface area contributed by atoms with Crippen molar-refractivity contribution in [3.05, 3.63) is 23.4 Å². The van der Waals surface area contributed by atoms with Gasteiger partial charge in [-0.15, -0.1) is 0 Å². The van der Waals surface area contributed by atoms with Gasteiger partial charge in [-0.1, -0.05) is 38.0 Å². The third-order valence-corrected chi connectivity index (χ3v) is 4.55. The van der Waals surface area contributed by atoms with Crippen LogP contribution in [0.4, 0.5) is 0 Å². The van der Waals surface area contributed by atoms with Gasteiger partial charge in [-0.25, -0.2) is 0 Å².